The van der Waals surface area contributed by atoms with E-state index in [0.29, 0.717) is 0 Å². The summed E-state index contributed by atoms with van der Waals surface area (Å²) in [4.78, 5) is 12.1. The predicted octanol–water partition coefficient (Wildman–Crippen LogP) is 3.07. The monoisotopic (exact) mass is 265 g/mol. The van der Waals surface area contributed by atoms with Gasteiger partial charge in [0.15, 0.2) is 0 Å². The van der Waals surface area contributed by atoms with Gasteiger partial charge in [-0.2, -0.15) is 12.6 Å². The van der Waals surface area contributed by atoms with E-state index in [1.54, 1.807) is 6.07 Å². The van der Waals surface area contributed by atoms with Crippen LogP contribution in [0.15, 0.2) is 16.9 Å². The molecule has 0 unspecified atom stereocenters. The maximum absolute atomic E-state index is 12.1. The smallest absolute Gasteiger partial charge is 0.250 e. The standard InChI is InChI=1S/C15H23NOS/c1-3-15(4-2,11-18)10-16-13-7-5-6-12(13)8-9-14(16)17/h8-9,18H,3-7,10-11H2,1-2H3. The Kier molecular flexibility index (Phi) is 4.21. The van der Waals surface area contributed by atoms with Gasteiger partial charge in [0.1, 0.15) is 0 Å². The average Bonchev–Trinajstić information content (AvgIpc) is 2.87. The first kappa shape index (κ1) is 13.7. The number of hydrogen-bond donors (Lipinski definition) is 1. The van der Waals surface area contributed by atoms with E-state index < -0.39 is 0 Å². The minimum Gasteiger partial charge on any atom is -0.312 e. The van der Waals surface area contributed by atoms with Crippen molar-refractivity contribution in [3.8, 4) is 0 Å². The Hall–Kier alpha value is -0.700. The zero-order valence-electron chi connectivity index (χ0n) is 11.4. The Morgan fingerprint density at radius 1 is 1.28 bits per heavy atom. The van der Waals surface area contributed by atoms with Gasteiger partial charge in [0, 0.05) is 18.3 Å². The Morgan fingerprint density at radius 3 is 2.61 bits per heavy atom. The topological polar surface area (TPSA) is 22.0 Å². The molecule has 2 rings (SSSR count). The summed E-state index contributed by atoms with van der Waals surface area (Å²) in [5.74, 6) is 0.843. The summed E-state index contributed by atoms with van der Waals surface area (Å²) in [5.41, 5.74) is 2.96. The number of aryl methyl sites for hydroxylation is 1. The number of pyridine rings is 1. The van der Waals surface area contributed by atoms with Crippen molar-refractivity contribution in [3.63, 3.8) is 0 Å². The van der Waals surface area contributed by atoms with E-state index in [1.165, 1.54) is 17.7 Å². The van der Waals surface area contributed by atoms with E-state index in [0.717, 1.165) is 38.0 Å². The van der Waals surface area contributed by atoms with Crippen LogP contribution in [0.4, 0.5) is 0 Å². The molecule has 3 heteroatoms. The zero-order chi connectivity index (χ0) is 13.2. The van der Waals surface area contributed by atoms with Gasteiger partial charge in [-0.05, 0) is 48.8 Å². The maximum Gasteiger partial charge on any atom is 0.250 e. The van der Waals surface area contributed by atoms with E-state index in [-0.39, 0.29) is 11.0 Å². The average molecular weight is 265 g/mol. The van der Waals surface area contributed by atoms with Crippen LogP contribution in [-0.2, 0) is 19.4 Å². The molecular formula is C15H23NOS. The van der Waals surface area contributed by atoms with Gasteiger partial charge in [0.25, 0.3) is 5.56 Å². The van der Waals surface area contributed by atoms with Crippen molar-refractivity contribution in [1.29, 1.82) is 0 Å². The summed E-state index contributed by atoms with van der Waals surface area (Å²) in [6, 6.07) is 3.75. The van der Waals surface area contributed by atoms with Gasteiger partial charge in [-0.1, -0.05) is 19.9 Å². The molecule has 0 atom stereocenters. The van der Waals surface area contributed by atoms with Crippen molar-refractivity contribution >= 4 is 12.6 Å². The molecule has 1 aromatic heterocycles. The van der Waals surface area contributed by atoms with Crippen molar-refractivity contribution in [1.82, 2.24) is 4.57 Å². The Morgan fingerprint density at radius 2 is 2.00 bits per heavy atom. The van der Waals surface area contributed by atoms with Crippen molar-refractivity contribution in [3.05, 3.63) is 33.7 Å². The lowest BCUT2D eigenvalue weighted by atomic mass is 9.84. The number of aromatic nitrogens is 1. The van der Waals surface area contributed by atoms with E-state index in [2.05, 4.69) is 26.5 Å². The van der Waals surface area contributed by atoms with E-state index in [4.69, 9.17) is 0 Å². The van der Waals surface area contributed by atoms with Crippen molar-refractivity contribution in [2.45, 2.75) is 52.5 Å². The summed E-state index contributed by atoms with van der Waals surface area (Å²) >= 11 is 4.52. The molecule has 1 aliphatic rings. The van der Waals surface area contributed by atoms with Gasteiger partial charge in [-0.15, -0.1) is 0 Å². The van der Waals surface area contributed by atoms with Crippen LogP contribution in [0.1, 0.15) is 44.4 Å². The molecule has 2 nitrogen and oxygen atoms in total. The molecule has 0 aromatic carbocycles. The van der Waals surface area contributed by atoms with Gasteiger partial charge in [-0.25, -0.2) is 0 Å². The molecule has 0 aliphatic heterocycles. The van der Waals surface area contributed by atoms with Crippen LogP contribution in [0, 0.1) is 5.41 Å². The second-order valence-corrected chi connectivity index (χ2v) is 5.76. The van der Waals surface area contributed by atoms with Gasteiger partial charge in [-0.3, -0.25) is 4.79 Å². The van der Waals surface area contributed by atoms with Gasteiger partial charge in [0.2, 0.25) is 0 Å². The summed E-state index contributed by atoms with van der Waals surface area (Å²) in [7, 11) is 0. The molecule has 0 fully saturated rings. The van der Waals surface area contributed by atoms with Crippen LogP contribution in [0.3, 0.4) is 0 Å². The highest BCUT2D eigenvalue weighted by molar-refractivity contribution is 7.80. The molecule has 0 radical (unpaired) electrons. The van der Waals surface area contributed by atoms with E-state index in [1.807, 2.05) is 10.6 Å². The third-order valence-electron chi connectivity index (χ3n) is 4.58. The normalized spacial score (nSPS) is 14.8. The fourth-order valence-electron chi connectivity index (χ4n) is 2.89. The van der Waals surface area contributed by atoms with Gasteiger partial charge < -0.3 is 4.57 Å². The van der Waals surface area contributed by atoms with Crippen molar-refractivity contribution in [2.75, 3.05) is 5.75 Å². The summed E-state index contributed by atoms with van der Waals surface area (Å²) < 4.78 is 2.02. The second-order valence-electron chi connectivity index (χ2n) is 5.45. The molecule has 1 aromatic rings. The molecule has 0 spiro atoms. The lowest BCUT2D eigenvalue weighted by Gasteiger charge is -2.31. The fraction of sp³-hybridized carbons (Fsp3) is 0.667. The highest BCUT2D eigenvalue weighted by Gasteiger charge is 2.27. The number of hydrogen-bond acceptors (Lipinski definition) is 2. The minimum atomic E-state index is 0.156. The first-order valence-electron chi connectivity index (χ1n) is 6.98. The first-order chi connectivity index (χ1) is 8.65. The molecular weight excluding hydrogens is 242 g/mol. The highest BCUT2D eigenvalue weighted by atomic mass is 32.1. The largest absolute Gasteiger partial charge is 0.312 e. The summed E-state index contributed by atoms with van der Waals surface area (Å²) in [5, 5.41) is 0. The van der Waals surface area contributed by atoms with Gasteiger partial charge in [0.05, 0.1) is 0 Å². The third-order valence-corrected chi connectivity index (χ3v) is 5.25. The number of fused-ring (bicyclic) bond motifs is 1. The number of nitrogens with zero attached hydrogens (tertiary/aromatic N) is 1. The molecule has 100 valence electrons. The molecule has 0 saturated heterocycles. The zero-order valence-corrected chi connectivity index (χ0v) is 12.3. The molecule has 0 N–H and O–H groups in total. The van der Waals surface area contributed by atoms with Crippen LogP contribution < -0.4 is 5.56 Å². The fourth-order valence-corrected chi connectivity index (χ4v) is 3.44. The summed E-state index contributed by atoms with van der Waals surface area (Å²) in [6.45, 7) is 5.23. The van der Waals surface area contributed by atoms with Crippen molar-refractivity contribution < 1.29 is 0 Å². The third kappa shape index (κ3) is 2.37. The molecule has 18 heavy (non-hydrogen) atoms. The van der Waals surface area contributed by atoms with Crippen LogP contribution in [-0.4, -0.2) is 10.3 Å². The molecule has 1 heterocycles. The second kappa shape index (κ2) is 5.52. The van der Waals surface area contributed by atoms with Crippen LogP contribution in [0.5, 0.6) is 0 Å². The number of rotatable bonds is 5. The molecule has 0 amide bonds. The van der Waals surface area contributed by atoms with Crippen LogP contribution in [0.25, 0.3) is 0 Å². The minimum absolute atomic E-state index is 0.156. The van der Waals surface area contributed by atoms with Gasteiger partial charge >= 0.3 is 0 Å². The Balaban J connectivity index is 2.40. The Bertz CT molecular complexity index is 466. The van der Waals surface area contributed by atoms with E-state index in [9.17, 15) is 4.79 Å². The molecule has 1 aliphatic carbocycles. The number of thiol groups is 1. The maximum atomic E-state index is 12.1. The lowest BCUT2D eigenvalue weighted by Crippen LogP contribution is -2.34. The highest BCUT2D eigenvalue weighted by Crippen LogP contribution is 2.31. The van der Waals surface area contributed by atoms with Crippen LogP contribution >= 0.6 is 12.6 Å². The van der Waals surface area contributed by atoms with Crippen molar-refractivity contribution in [2.24, 2.45) is 5.41 Å². The lowest BCUT2D eigenvalue weighted by molar-refractivity contribution is 0.252. The quantitative estimate of drug-likeness (QED) is 0.812. The summed E-state index contributed by atoms with van der Waals surface area (Å²) in [6.07, 6.45) is 5.51. The molecule has 0 saturated carbocycles. The van der Waals surface area contributed by atoms with E-state index >= 15 is 0 Å². The SMILES string of the molecule is CCC(CC)(CS)Cn1c2c(ccc1=O)CCC2. The van der Waals surface area contributed by atoms with Crippen LogP contribution in [0.2, 0.25) is 0 Å². The predicted molar refractivity (Wildman–Crippen MR) is 79.6 cm³/mol. The molecule has 0 bridgehead atoms. The first-order valence-corrected chi connectivity index (χ1v) is 7.61. The Labute approximate surface area is 115 Å².